The average molecular weight is 514 g/mol. The number of ether oxygens (including phenoxy) is 1. The minimum Gasteiger partial charge on any atom is -0.494 e. The third-order valence-electron chi connectivity index (χ3n) is 6.74. The van der Waals surface area contributed by atoms with Gasteiger partial charge in [-0.3, -0.25) is 14.3 Å². The first-order valence-electron chi connectivity index (χ1n) is 13.2. The largest absolute Gasteiger partial charge is 0.494 e. The number of thioether (sulfide) groups is 1. The summed E-state index contributed by atoms with van der Waals surface area (Å²) in [5.74, 6) is 1.80. The number of hydrogen-bond acceptors (Lipinski definition) is 6. The van der Waals surface area contributed by atoms with Crippen LogP contribution in [0, 0.1) is 0 Å². The smallest absolute Gasteiger partial charge is 0.267 e. The van der Waals surface area contributed by atoms with Gasteiger partial charge in [-0.25, -0.2) is 4.98 Å². The Morgan fingerprint density at radius 3 is 2.54 bits per heavy atom. The molecule has 5 nitrogen and oxygen atoms in total. The van der Waals surface area contributed by atoms with Crippen molar-refractivity contribution < 1.29 is 4.74 Å². The zero-order valence-electron chi connectivity index (χ0n) is 21.6. The Morgan fingerprint density at radius 1 is 1.09 bits per heavy atom. The number of fused-ring (bicyclic) bond motifs is 3. The van der Waals surface area contributed by atoms with Gasteiger partial charge in [0, 0.05) is 29.8 Å². The highest BCUT2D eigenvalue weighted by atomic mass is 32.2. The van der Waals surface area contributed by atoms with Crippen LogP contribution in [0.15, 0.2) is 34.2 Å². The molecule has 0 aliphatic carbocycles. The average Bonchev–Trinajstić information content (AvgIpc) is 3.22. The highest BCUT2D eigenvalue weighted by Gasteiger charge is 2.26. The predicted molar refractivity (Wildman–Crippen MR) is 150 cm³/mol. The lowest BCUT2D eigenvalue weighted by atomic mass is 10.0. The Morgan fingerprint density at radius 2 is 1.83 bits per heavy atom. The summed E-state index contributed by atoms with van der Waals surface area (Å²) < 4.78 is 7.46. The van der Waals surface area contributed by atoms with Gasteiger partial charge in [-0.1, -0.05) is 50.8 Å². The third-order valence-corrected chi connectivity index (χ3v) is 8.87. The number of aromatic nitrogens is 2. The fourth-order valence-electron chi connectivity index (χ4n) is 4.71. The molecule has 0 fully saturated rings. The molecule has 0 saturated carbocycles. The molecule has 0 amide bonds. The summed E-state index contributed by atoms with van der Waals surface area (Å²) in [4.78, 5) is 23.8. The van der Waals surface area contributed by atoms with E-state index in [-0.39, 0.29) is 5.56 Å². The molecule has 1 aliphatic rings. The van der Waals surface area contributed by atoms with Crippen LogP contribution < -0.4 is 10.3 Å². The van der Waals surface area contributed by atoms with Crippen molar-refractivity contribution in [3.05, 3.63) is 45.1 Å². The molecule has 0 N–H and O–H groups in total. The van der Waals surface area contributed by atoms with Gasteiger partial charge >= 0.3 is 0 Å². The van der Waals surface area contributed by atoms with E-state index in [1.807, 2.05) is 35.8 Å². The topological polar surface area (TPSA) is 47.4 Å². The van der Waals surface area contributed by atoms with Gasteiger partial charge in [0.1, 0.15) is 10.6 Å². The van der Waals surface area contributed by atoms with Crippen LogP contribution in [0.3, 0.4) is 0 Å². The van der Waals surface area contributed by atoms with E-state index < -0.39 is 0 Å². The van der Waals surface area contributed by atoms with Crippen LogP contribution in [-0.2, 0) is 13.0 Å². The SMILES string of the molecule is CCCCCCCCSc1nc2sc3c(c2c(=O)n1-c1ccc(OCC)cc1)CCN(C(C)C)C3. The standard InChI is InChI=1S/C28H39N3O2S2/c1-5-7-8-9-10-11-18-34-28-29-26-25(23-16-17-30(20(3)4)19-24(23)35-26)27(32)31(28)21-12-14-22(15-13-21)33-6-2/h12-15,20H,5-11,16-19H2,1-4H3. The second-order valence-electron chi connectivity index (χ2n) is 9.58. The van der Waals surface area contributed by atoms with Gasteiger partial charge < -0.3 is 4.74 Å². The maximum atomic E-state index is 14.0. The predicted octanol–water partition coefficient (Wildman–Crippen LogP) is 7.07. The zero-order chi connectivity index (χ0) is 24.8. The Labute approximate surface area is 217 Å². The maximum absolute atomic E-state index is 14.0. The van der Waals surface area contributed by atoms with Gasteiger partial charge in [-0.15, -0.1) is 11.3 Å². The molecule has 0 saturated heterocycles. The van der Waals surface area contributed by atoms with Crippen LogP contribution >= 0.6 is 23.1 Å². The minimum absolute atomic E-state index is 0.0695. The van der Waals surface area contributed by atoms with E-state index in [1.165, 1.54) is 42.5 Å². The molecule has 2 aromatic heterocycles. The molecule has 0 radical (unpaired) electrons. The molecule has 35 heavy (non-hydrogen) atoms. The lowest BCUT2D eigenvalue weighted by Crippen LogP contribution is -2.35. The van der Waals surface area contributed by atoms with Gasteiger partial charge in [-0.05, 0) is 63.4 Å². The van der Waals surface area contributed by atoms with Crippen molar-refractivity contribution in [2.75, 3.05) is 18.9 Å². The van der Waals surface area contributed by atoms with Crippen LogP contribution in [0.1, 0.15) is 76.7 Å². The van der Waals surface area contributed by atoms with Crippen LogP contribution in [0.4, 0.5) is 0 Å². The van der Waals surface area contributed by atoms with Gasteiger partial charge in [0.2, 0.25) is 0 Å². The third kappa shape index (κ3) is 6.12. The van der Waals surface area contributed by atoms with E-state index in [9.17, 15) is 4.79 Å². The summed E-state index contributed by atoms with van der Waals surface area (Å²) in [5, 5.41) is 1.63. The van der Waals surface area contributed by atoms with Crippen LogP contribution in [0.5, 0.6) is 5.75 Å². The molecule has 4 rings (SSSR count). The number of benzene rings is 1. The molecule has 3 heterocycles. The summed E-state index contributed by atoms with van der Waals surface area (Å²) in [6, 6.07) is 8.36. The first-order chi connectivity index (χ1) is 17.0. The van der Waals surface area contributed by atoms with Crippen LogP contribution in [-0.4, -0.2) is 39.4 Å². The highest BCUT2D eigenvalue weighted by molar-refractivity contribution is 7.99. The number of unbranched alkanes of at least 4 members (excludes halogenated alkanes) is 5. The van der Waals surface area contributed by atoms with Gasteiger partial charge in [0.05, 0.1) is 17.7 Å². The van der Waals surface area contributed by atoms with E-state index >= 15 is 0 Å². The summed E-state index contributed by atoms with van der Waals surface area (Å²) >= 11 is 3.43. The van der Waals surface area contributed by atoms with Gasteiger partial charge in [0.15, 0.2) is 5.16 Å². The molecule has 0 unspecified atom stereocenters. The van der Waals surface area contributed by atoms with Crippen molar-refractivity contribution in [1.82, 2.24) is 14.5 Å². The van der Waals surface area contributed by atoms with Crippen molar-refractivity contribution in [2.45, 2.75) is 90.4 Å². The fourth-order valence-corrected chi connectivity index (χ4v) is 7.01. The molecular formula is C28H39N3O2S2. The molecule has 190 valence electrons. The second-order valence-corrected chi connectivity index (χ2v) is 11.7. The molecule has 0 spiro atoms. The van der Waals surface area contributed by atoms with E-state index in [0.29, 0.717) is 12.6 Å². The molecule has 1 aromatic carbocycles. The monoisotopic (exact) mass is 513 g/mol. The second kappa shape index (κ2) is 12.4. The van der Waals surface area contributed by atoms with Crippen molar-refractivity contribution in [3.63, 3.8) is 0 Å². The van der Waals surface area contributed by atoms with E-state index in [4.69, 9.17) is 9.72 Å². The molecular weight excluding hydrogens is 474 g/mol. The van der Waals surface area contributed by atoms with Crippen LogP contribution in [0.25, 0.3) is 15.9 Å². The fraction of sp³-hybridized carbons (Fsp3) is 0.571. The molecule has 3 aromatic rings. The van der Waals surface area contributed by atoms with Crippen molar-refractivity contribution >= 4 is 33.3 Å². The van der Waals surface area contributed by atoms with Gasteiger partial charge in [0.25, 0.3) is 5.56 Å². The Kier molecular flexibility index (Phi) is 9.31. The lowest BCUT2D eigenvalue weighted by Gasteiger charge is -2.30. The Bertz CT molecular complexity index is 1170. The summed E-state index contributed by atoms with van der Waals surface area (Å²) in [6.45, 7) is 11.2. The normalized spacial score (nSPS) is 14.1. The van der Waals surface area contributed by atoms with E-state index in [0.717, 1.165) is 58.5 Å². The first kappa shape index (κ1) is 26.2. The Balaban J connectivity index is 1.67. The number of rotatable bonds is 12. The van der Waals surface area contributed by atoms with Crippen LogP contribution in [0.2, 0.25) is 0 Å². The first-order valence-corrected chi connectivity index (χ1v) is 15.0. The molecule has 0 bridgehead atoms. The van der Waals surface area contributed by atoms with Crippen molar-refractivity contribution in [2.24, 2.45) is 0 Å². The van der Waals surface area contributed by atoms with Crippen molar-refractivity contribution in [3.8, 4) is 11.4 Å². The lowest BCUT2D eigenvalue weighted by molar-refractivity contribution is 0.206. The highest BCUT2D eigenvalue weighted by Crippen LogP contribution is 2.35. The minimum atomic E-state index is 0.0695. The molecule has 0 atom stereocenters. The summed E-state index contributed by atoms with van der Waals surface area (Å²) in [5.41, 5.74) is 2.14. The Hall–Kier alpha value is -1.83. The molecule has 1 aliphatic heterocycles. The number of thiophene rings is 1. The molecule has 7 heteroatoms. The van der Waals surface area contributed by atoms with Gasteiger partial charge in [-0.2, -0.15) is 0 Å². The summed E-state index contributed by atoms with van der Waals surface area (Å²) in [6.07, 6.45) is 8.49. The summed E-state index contributed by atoms with van der Waals surface area (Å²) in [7, 11) is 0. The zero-order valence-corrected chi connectivity index (χ0v) is 23.3. The van der Waals surface area contributed by atoms with Crippen molar-refractivity contribution in [1.29, 1.82) is 0 Å². The van der Waals surface area contributed by atoms with E-state index in [2.05, 4.69) is 25.7 Å². The van der Waals surface area contributed by atoms with E-state index in [1.54, 1.807) is 23.1 Å². The quantitative estimate of drug-likeness (QED) is 0.147. The maximum Gasteiger partial charge on any atom is 0.267 e. The number of hydrogen-bond donors (Lipinski definition) is 0. The number of nitrogens with zero attached hydrogens (tertiary/aromatic N) is 3.